The Balaban J connectivity index is 2.00. The van der Waals surface area contributed by atoms with Gasteiger partial charge in [0, 0.05) is 30.7 Å². The standard InChI is InChI=1S/C13H18BrN3OS2/c1-13(2,12(15)19)17-6-4-16(5-7-17)11(18)10-9(14)3-8-20-10/h3,8H,4-7H2,1-2H3,(H2,15,19). The van der Waals surface area contributed by atoms with Gasteiger partial charge in [-0.1, -0.05) is 12.2 Å². The third-order valence-corrected chi connectivity index (χ3v) is 6.10. The fraction of sp³-hybridized carbons (Fsp3) is 0.538. The van der Waals surface area contributed by atoms with Crippen LogP contribution in [0.1, 0.15) is 23.5 Å². The lowest BCUT2D eigenvalue weighted by Gasteiger charge is -2.43. The summed E-state index contributed by atoms with van der Waals surface area (Å²) in [5.41, 5.74) is 5.50. The second-order valence-electron chi connectivity index (χ2n) is 5.30. The summed E-state index contributed by atoms with van der Waals surface area (Å²) < 4.78 is 0.874. The van der Waals surface area contributed by atoms with Crippen LogP contribution >= 0.6 is 39.5 Å². The average Bonchev–Trinajstić information content (AvgIpc) is 2.84. The fourth-order valence-corrected chi connectivity index (χ4v) is 3.85. The second-order valence-corrected chi connectivity index (χ2v) is 7.51. The molecule has 2 N–H and O–H groups in total. The van der Waals surface area contributed by atoms with Gasteiger partial charge in [-0.25, -0.2) is 0 Å². The van der Waals surface area contributed by atoms with Crippen molar-refractivity contribution in [2.24, 2.45) is 5.73 Å². The summed E-state index contributed by atoms with van der Waals surface area (Å²) in [5.74, 6) is 0.0969. The molecule has 1 aromatic heterocycles. The topological polar surface area (TPSA) is 49.6 Å². The molecule has 1 amide bonds. The van der Waals surface area contributed by atoms with Gasteiger partial charge in [0.05, 0.1) is 10.5 Å². The number of piperazine rings is 1. The molecule has 0 atom stereocenters. The zero-order valence-corrected chi connectivity index (χ0v) is 14.8. The number of thiocarbonyl (C=S) groups is 1. The molecule has 1 saturated heterocycles. The van der Waals surface area contributed by atoms with Crippen molar-refractivity contribution in [1.82, 2.24) is 9.80 Å². The van der Waals surface area contributed by atoms with Crippen LogP contribution in [0.4, 0.5) is 0 Å². The number of halogens is 1. The van der Waals surface area contributed by atoms with Crippen molar-refractivity contribution in [1.29, 1.82) is 0 Å². The highest BCUT2D eigenvalue weighted by Crippen LogP contribution is 2.25. The summed E-state index contributed by atoms with van der Waals surface area (Å²) in [7, 11) is 0. The minimum absolute atomic E-state index is 0.0969. The SMILES string of the molecule is CC(C)(C(N)=S)N1CCN(C(=O)c2sccc2Br)CC1. The molecule has 0 unspecified atom stereocenters. The van der Waals surface area contributed by atoms with E-state index in [4.69, 9.17) is 18.0 Å². The fourth-order valence-electron chi connectivity index (χ4n) is 2.21. The quantitative estimate of drug-likeness (QED) is 0.823. The first kappa shape index (κ1) is 15.9. The Morgan fingerprint density at radius 3 is 2.45 bits per heavy atom. The first-order valence-electron chi connectivity index (χ1n) is 6.41. The first-order valence-corrected chi connectivity index (χ1v) is 8.49. The Kier molecular flexibility index (Phi) is 4.84. The number of nitrogens with zero attached hydrogens (tertiary/aromatic N) is 2. The summed E-state index contributed by atoms with van der Waals surface area (Å²) in [6.45, 7) is 7.05. The molecule has 0 aromatic carbocycles. The smallest absolute Gasteiger partial charge is 0.265 e. The predicted molar refractivity (Wildman–Crippen MR) is 90.4 cm³/mol. The lowest BCUT2D eigenvalue weighted by atomic mass is 10.0. The van der Waals surface area contributed by atoms with E-state index >= 15 is 0 Å². The van der Waals surface area contributed by atoms with Crippen molar-refractivity contribution in [3.05, 3.63) is 20.8 Å². The van der Waals surface area contributed by atoms with E-state index in [1.807, 2.05) is 30.2 Å². The molecule has 1 aliphatic rings. The predicted octanol–water partition coefficient (Wildman–Crippen LogP) is 2.33. The molecule has 1 fully saturated rings. The van der Waals surface area contributed by atoms with Gasteiger partial charge in [0.1, 0.15) is 4.88 Å². The van der Waals surface area contributed by atoms with Crippen LogP contribution in [-0.4, -0.2) is 52.4 Å². The van der Waals surface area contributed by atoms with E-state index in [9.17, 15) is 4.79 Å². The van der Waals surface area contributed by atoms with E-state index in [2.05, 4.69) is 20.8 Å². The minimum atomic E-state index is -0.298. The second kappa shape index (κ2) is 6.09. The molecule has 110 valence electrons. The zero-order chi connectivity index (χ0) is 14.9. The van der Waals surface area contributed by atoms with Crippen LogP contribution in [0.25, 0.3) is 0 Å². The van der Waals surface area contributed by atoms with Gasteiger partial charge in [0.15, 0.2) is 0 Å². The van der Waals surface area contributed by atoms with Crippen LogP contribution in [-0.2, 0) is 0 Å². The van der Waals surface area contributed by atoms with Crippen LogP contribution in [0, 0.1) is 0 Å². The van der Waals surface area contributed by atoms with Gasteiger partial charge < -0.3 is 10.6 Å². The number of nitrogens with two attached hydrogens (primary N) is 1. The molecule has 0 saturated carbocycles. The maximum Gasteiger partial charge on any atom is 0.265 e. The largest absolute Gasteiger partial charge is 0.392 e. The van der Waals surface area contributed by atoms with Crippen LogP contribution in [0.2, 0.25) is 0 Å². The molecule has 1 aromatic rings. The van der Waals surface area contributed by atoms with Crippen molar-refractivity contribution in [3.63, 3.8) is 0 Å². The number of hydrogen-bond acceptors (Lipinski definition) is 4. The Labute approximate surface area is 137 Å². The van der Waals surface area contributed by atoms with E-state index in [-0.39, 0.29) is 11.4 Å². The molecule has 4 nitrogen and oxygen atoms in total. The maximum absolute atomic E-state index is 12.4. The number of amides is 1. The van der Waals surface area contributed by atoms with Crippen LogP contribution in [0.5, 0.6) is 0 Å². The zero-order valence-electron chi connectivity index (χ0n) is 11.6. The van der Waals surface area contributed by atoms with Crippen molar-refractivity contribution in [2.75, 3.05) is 26.2 Å². The first-order chi connectivity index (χ1) is 9.34. The van der Waals surface area contributed by atoms with E-state index in [1.165, 1.54) is 11.3 Å². The average molecular weight is 376 g/mol. The normalized spacial score (nSPS) is 17.2. The third-order valence-electron chi connectivity index (χ3n) is 3.77. The lowest BCUT2D eigenvalue weighted by Crippen LogP contribution is -2.59. The third kappa shape index (κ3) is 3.05. The van der Waals surface area contributed by atoms with Crippen LogP contribution in [0.3, 0.4) is 0 Å². The summed E-state index contributed by atoms with van der Waals surface area (Å²) in [5, 5.41) is 1.92. The molecule has 1 aliphatic heterocycles. The number of rotatable bonds is 3. The highest BCUT2D eigenvalue weighted by molar-refractivity contribution is 9.10. The van der Waals surface area contributed by atoms with Gasteiger partial charge in [-0.3, -0.25) is 9.69 Å². The monoisotopic (exact) mass is 375 g/mol. The van der Waals surface area contributed by atoms with Gasteiger partial charge in [-0.2, -0.15) is 0 Å². The van der Waals surface area contributed by atoms with E-state index in [1.54, 1.807) is 0 Å². The molecule has 7 heteroatoms. The molecule has 0 spiro atoms. The number of hydrogen-bond donors (Lipinski definition) is 1. The Morgan fingerprint density at radius 2 is 2.00 bits per heavy atom. The highest BCUT2D eigenvalue weighted by Gasteiger charge is 2.33. The highest BCUT2D eigenvalue weighted by atomic mass is 79.9. The van der Waals surface area contributed by atoms with Crippen molar-refractivity contribution in [3.8, 4) is 0 Å². The molecule has 2 heterocycles. The molecule has 0 radical (unpaired) electrons. The molecular weight excluding hydrogens is 358 g/mol. The van der Waals surface area contributed by atoms with Gasteiger partial charge in [-0.15, -0.1) is 11.3 Å². The summed E-state index contributed by atoms with van der Waals surface area (Å²) in [4.78, 5) is 17.8. The van der Waals surface area contributed by atoms with E-state index < -0.39 is 0 Å². The van der Waals surface area contributed by atoms with Crippen molar-refractivity contribution >= 4 is 50.4 Å². The van der Waals surface area contributed by atoms with Gasteiger partial charge in [0.2, 0.25) is 0 Å². The number of carbonyl (C=O) groups is 1. The summed E-state index contributed by atoms with van der Waals surface area (Å²) in [6, 6.07) is 1.91. The number of carbonyl (C=O) groups excluding carboxylic acids is 1. The maximum atomic E-state index is 12.4. The summed E-state index contributed by atoms with van der Waals surface area (Å²) in [6.07, 6.45) is 0. The van der Waals surface area contributed by atoms with Crippen molar-refractivity contribution < 1.29 is 4.79 Å². The summed E-state index contributed by atoms with van der Waals surface area (Å²) >= 11 is 10.0. The van der Waals surface area contributed by atoms with Gasteiger partial charge in [0.25, 0.3) is 5.91 Å². The molecule has 20 heavy (non-hydrogen) atoms. The molecule has 0 bridgehead atoms. The molecular formula is C13H18BrN3OS2. The van der Waals surface area contributed by atoms with Crippen LogP contribution in [0.15, 0.2) is 15.9 Å². The Hall–Kier alpha value is -0.500. The van der Waals surface area contributed by atoms with Gasteiger partial charge >= 0.3 is 0 Å². The Bertz CT molecular complexity index is 521. The minimum Gasteiger partial charge on any atom is -0.392 e. The number of thiophene rings is 1. The van der Waals surface area contributed by atoms with Crippen molar-refractivity contribution in [2.45, 2.75) is 19.4 Å². The Morgan fingerprint density at radius 1 is 1.40 bits per heavy atom. The lowest BCUT2D eigenvalue weighted by molar-refractivity contribution is 0.0543. The van der Waals surface area contributed by atoms with E-state index in [0.717, 1.165) is 22.4 Å². The molecule has 0 aliphatic carbocycles. The van der Waals surface area contributed by atoms with Crippen LogP contribution < -0.4 is 5.73 Å². The van der Waals surface area contributed by atoms with Gasteiger partial charge in [-0.05, 0) is 41.2 Å². The van der Waals surface area contributed by atoms with E-state index in [0.29, 0.717) is 18.1 Å². The molecule has 2 rings (SSSR count).